The number of amides is 2. The Bertz CT molecular complexity index is 1210. The summed E-state index contributed by atoms with van der Waals surface area (Å²) in [6.07, 6.45) is 0. The molecule has 0 aliphatic carbocycles. The van der Waals surface area contributed by atoms with Gasteiger partial charge in [-0.1, -0.05) is 11.8 Å². The van der Waals surface area contributed by atoms with E-state index in [1.165, 1.54) is 11.3 Å². The normalized spacial score (nSPS) is 13.0. The van der Waals surface area contributed by atoms with E-state index in [-0.39, 0.29) is 22.7 Å². The van der Waals surface area contributed by atoms with Gasteiger partial charge in [0, 0.05) is 6.07 Å². The number of aromatic nitrogens is 2. The molecule has 27 heavy (non-hydrogen) atoms. The van der Waals surface area contributed by atoms with Crippen molar-refractivity contribution in [2.75, 3.05) is 11.5 Å². The van der Waals surface area contributed by atoms with Crippen LogP contribution in [-0.2, 0) is 4.79 Å². The van der Waals surface area contributed by atoms with Gasteiger partial charge in [0.25, 0.3) is 17.4 Å². The first kappa shape index (κ1) is 17.2. The fourth-order valence-electron chi connectivity index (χ4n) is 2.76. The molecule has 3 heterocycles. The van der Waals surface area contributed by atoms with Crippen molar-refractivity contribution < 1.29 is 19.5 Å². The van der Waals surface area contributed by atoms with Crippen molar-refractivity contribution in [1.82, 2.24) is 14.9 Å². The fraction of sp³-hybridized carbons (Fsp3) is 0.0625. The molecule has 0 bridgehead atoms. The van der Waals surface area contributed by atoms with Gasteiger partial charge in [-0.05, 0) is 18.2 Å². The maximum absolute atomic E-state index is 12.5. The summed E-state index contributed by atoms with van der Waals surface area (Å²) in [6, 6.07) is 6.05. The van der Waals surface area contributed by atoms with Crippen LogP contribution >= 0.6 is 23.1 Å². The number of benzene rings is 1. The van der Waals surface area contributed by atoms with E-state index in [4.69, 9.17) is 10.8 Å². The topological polar surface area (TPSA) is 144 Å². The van der Waals surface area contributed by atoms with Gasteiger partial charge in [-0.3, -0.25) is 29.1 Å². The molecule has 2 aromatic heterocycles. The van der Waals surface area contributed by atoms with E-state index in [2.05, 4.69) is 10.3 Å². The minimum atomic E-state index is -0.940. The number of nitrogen functional groups attached to an aromatic ring is 1. The van der Waals surface area contributed by atoms with Crippen LogP contribution in [0, 0.1) is 0 Å². The number of carboxylic acids is 1. The van der Waals surface area contributed by atoms with Crippen LogP contribution in [0.3, 0.4) is 0 Å². The van der Waals surface area contributed by atoms with Gasteiger partial charge in [-0.15, -0.1) is 11.3 Å². The molecule has 136 valence electrons. The number of anilines is 1. The van der Waals surface area contributed by atoms with Gasteiger partial charge >= 0.3 is 5.97 Å². The molecular formula is C16H10N4O5S2. The SMILES string of the molecule is Nc1c2c(cc(=O)n1-c1ccc3nc(SCC(=O)O)sc3c1)C(=O)NC2=O. The van der Waals surface area contributed by atoms with Crippen molar-refractivity contribution in [3.63, 3.8) is 0 Å². The van der Waals surface area contributed by atoms with Crippen LogP contribution in [0.25, 0.3) is 15.9 Å². The number of nitrogens with zero attached hydrogens (tertiary/aromatic N) is 2. The second-order valence-electron chi connectivity index (χ2n) is 5.59. The van der Waals surface area contributed by atoms with Crippen molar-refractivity contribution in [1.29, 1.82) is 0 Å². The second kappa shape index (κ2) is 6.21. The van der Waals surface area contributed by atoms with E-state index in [0.29, 0.717) is 15.5 Å². The van der Waals surface area contributed by atoms with E-state index in [0.717, 1.165) is 27.1 Å². The molecule has 0 saturated carbocycles. The number of aliphatic carboxylic acids is 1. The first-order valence-corrected chi connectivity index (χ1v) is 9.32. The van der Waals surface area contributed by atoms with Gasteiger partial charge in [0.15, 0.2) is 4.34 Å². The number of nitrogens with two attached hydrogens (primary N) is 1. The standard InChI is InChI=1S/C16H10N4O5S2/c17-13-12-7(14(24)19-15(12)25)4-10(21)20(13)6-1-2-8-9(3-6)27-16(18-8)26-5-11(22)23/h1-4H,5,17H2,(H,22,23)(H,19,24,25). The van der Waals surface area contributed by atoms with Gasteiger partial charge in [-0.25, -0.2) is 4.98 Å². The molecule has 0 radical (unpaired) electrons. The smallest absolute Gasteiger partial charge is 0.313 e. The molecule has 4 rings (SSSR count). The summed E-state index contributed by atoms with van der Waals surface area (Å²) in [5, 5.41) is 10.9. The van der Waals surface area contributed by atoms with E-state index in [1.54, 1.807) is 18.2 Å². The molecule has 0 atom stereocenters. The van der Waals surface area contributed by atoms with Crippen molar-refractivity contribution in [3.05, 3.63) is 45.7 Å². The van der Waals surface area contributed by atoms with Gasteiger partial charge in [0.05, 0.1) is 32.8 Å². The highest BCUT2D eigenvalue weighted by atomic mass is 32.2. The number of carboxylic acid groups (broad SMARTS) is 1. The molecule has 1 aliphatic heterocycles. The molecule has 0 saturated heterocycles. The van der Waals surface area contributed by atoms with Crippen molar-refractivity contribution in [2.45, 2.75) is 4.34 Å². The lowest BCUT2D eigenvalue weighted by molar-refractivity contribution is -0.133. The molecular weight excluding hydrogens is 392 g/mol. The van der Waals surface area contributed by atoms with Crippen LogP contribution in [0.5, 0.6) is 0 Å². The Labute approximate surface area is 158 Å². The van der Waals surface area contributed by atoms with Crippen LogP contribution in [0.4, 0.5) is 5.82 Å². The maximum Gasteiger partial charge on any atom is 0.313 e. The predicted molar refractivity (Wildman–Crippen MR) is 99.8 cm³/mol. The molecule has 11 heteroatoms. The van der Waals surface area contributed by atoms with Gasteiger partial charge in [0.2, 0.25) is 0 Å². The van der Waals surface area contributed by atoms with Crippen LogP contribution in [-0.4, -0.2) is 38.2 Å². The molecule has 1 aliphatic rings. The number of carbonyl (C=O) groups excluding carboxylic acids is 2. The first-order chi connectivity index (χ1) is 12.8. The molecule has 0 spiro atoms. The Morgan fingerprint density at radius 2 is 2.04 bits per heavy atom. The molecule has 2 amide bonds. The van der Waals surface area contributed by atoms with Crippen molar-refractivity contribution in [3.8, 4) is 5.69 Å². The average molecular weight is 402 g/mol. The Balaban J connectivity index is 1.82. The molecule has 4 N–H and O–H groups in total. The van der Waals surface area contributed by atoms with E-state index < -0.39 is 23.3 Å². The number of imide groups is 1. The zero-order chi connectivity index (χ0) is 19.3. The minimum Gasteiger partial charge on any atom is -0.481 e. The lowest BCUT2D eigenvalue weighted by Crippen LogP contribution is -2.24. The van der Waals surface area contributed by atoms with E-state index in [1.807, 2.05) is 0 Å². The Morgan fingerprint density at radius 1 is 1.26 bits per heavy atom. The van der Waals surface area contributed by atoms with Crippen molar-refractivity contribution in [2.24, 2.45) is 0 Å². The molecule has 0 fully saturated rings. The largest absolute Gasteiger partial charge is 0.481 e. The summed E-state index contributed by atoms with van der Waals surface area (Å²) in [6.45, 7) is 0. The summed E-state index contributed by atoms with van der Waals surface area (Å²) in [5.41, 5.74) is 6.48. The van der Waals surface area contributed by atoms with E-state index in [9.17, 15) is 19.2 Å². The summed E-state index contributed by atoms with van der Waals surface area (Å²) < 4.78 is 2.47. The lowest BCUT2D eigenvalue weighted by Gasteiger charge is -2.11. The van der Waals surface area contributed by atoms with Crippen molar-refractivity contribution >= 4 is 56.9 Å². The zero-order valence-corrected chi connectivity index (χ0v) is 15.0. The van der Waals surface area contributed by atoms with Gasteiger partial charge in [-0.2, -0.15) is 0 Å². The number of rotatable bonds is 4. The number of nitrogens with one attached hydrogen (secondary N) is 1. The minimum absolute atomic E-state index is 0.0262. The maximum atomic E-state index is 12.5. The Morgan fingerprint density at radius 3 is 2.78 bits per heavy atom. The number of hydrogen-bond donors (Lipinski definition) is 3. The third kappa shape index (κ3) is 2.86. The van der Waals surface area contributed by atoms with Crippen LogP contribution < -0.4 is 16.6 Å². The summed E-state index contributed by atoms with van der Waals surface area (Å²) in [5.74, 6) is -2.46. The van der Waals surface area contributed by atoms with Gasteiger partial charge < -0.3 is 10.8 Å². The van der Waals surface area contributed by atoms with E-state index >= 15 is 0 Å². The number of hydrogen-bond acceptors (Lipinski definition) is 8. The number of carbonyl (C=O) groups is 3. The number of thiazole rings is 1. The highest BCUT2D eigenvalue weighted by molar-refractivity contribution is 8.01. The summed E-state index contributed by atoms with van der Waals surface area (Å²) in [7, 11) is 0. The predicted octanol–water partition coefficient (Wildman–Crippen LogP) is 1.09. The number of pyridine rings is 1. The molecule has 1 aromatic carbocycles. The number of fused-ring (bicyclic) bond motifs is 2. The fourth-order valence-corrected chi connectivity index (χ4v) is 4.58. The molecule has 0 unspecified atom stereocenters. The summed E-state index contributed by atoms with van der Waals surface area (Å²) in [4.78, 5) is 51.2. The Kier molecular flexibility index (Phi) is 3.97. The zero-order valence-electron chi connectivity index (χ0n) is 13.4. The quantitative estimate of drug-likeness (QED) is 0.434. The highest BCUT2D eigenvalue weighted by Crippen LogP contribution is 2.31. The van der Waals surface area contributed by atoms with Crippen LogP contribution in [0.1, 0.15) is 20.7 Å². The monoisotopic (exact) mass is 402 g/mol. The lowest BCUT2D eigenvalue weighted by atomic mass is 10.1. The third-order valence-corrected chi connectivity index (χ3v) is 6.03. The third-order valence-electron chi connectivity index (χ3n) is 3.88. The number of thioether (sulfide) groups is 1. The average Bonchev–Trinajstić information content (AvgIpc) is 3.13. The first-order valence-electron chi connectivity index (χ1n) is 7.52. The van der Waals surface area contributed by atoms with Gasteiger partial charge in [0.1, 0.15) is 5.82 Å². The molecule has 9 nitrogen and oxygen atoms in total. The second-order valence-corrected chi connectivity index (χ2v) is 7.84. The Hall–Kier alpha value is -3.18. The summed E-state index contributed by atoms with van der Waals surface area (Å²) >= 11 is 2.39. The molecule has 3 aromatic rings. The van der Waals surface area contributed by atoms with Crippen LogP contribution in [0.2, 0.25) is 0 Å². The highest BCUT2D eigenvalue weighted by Gasteiger charge is 2.31. The van der Waals surface area contributed by atoms with Crippen LogP contribution in [0.15, 0.2) is 33.4 Å².